The van der Waals surface area contributed by atoms with Crippen molar-refractivity contribution in [3.05, 3.63) is 29.8 Å². The van der Waals surface area contributed by atoms with E-state index in [1.807, 2.05) is 24.3 Å². The van der Waals surface area contributed by atoms with E-state index in [1.54, 1.807) is 11.8 Å². The van der Waals surface area contributed by atoms with Gasteiger partial charge in [0.25, 0.3) is 0 Å². The number of carbonyl (C=O) groups is 1. The SMILES string of the molecule is O=C(O)C(O)C1CCSc2ccccc21. The molecule has 4 heteroatoms. The first kappa shape index (κ1) is 10.5. The van der Waals surface area contributed by atoms with Crippen molar-refractivity contribution in [3.63, 3.8) is 0 Å². The molecule has 2 atom stereocenters. The Kier molecular flexibility index (Phi) is 2.98. The first-order valence-corrected chi connectivity index (χ1v) is 5.81. The molecule has 2 rings (SSSR count). The molecular weight excluding hydrogens is 212 g/mol. The molecule has 1 aliphatic rings. The van der Waals surface area contributed by atoms with Crippen LogP contribution in [0.5, 0.6) is 0 Å². The van der Waals surface area contributed by atoms with E-state index in [0.29, 0.717) is 0 Å². The summed E-state index contributed by atoms with van der Waals surface area (Å²) in [5.41, 5.74) is 0.962. The van der Waals surface area contributed by atoms with Crippen molar-refractivity contribution in [2.75, 3.05) is 5.75 Å². The van der Waals surface area contributed by atoms with Gasteiger partial charge in [-0.25, -0.2) is 4.79 Å². The molecule has 0 spiro atoms. The molecule has 2 unspecified atom stereocenters. The number of hydrogen-bond acceptors (Lipinski definition) is 3. The smallest absolute Gasteiger partial charge is 0.333 e. The maximum atomic E-state index is 10.8. The molecule has 0 radical (unpaired) electrons. The van der Waals surface area contributed by atoms with Gasteiger partial charge in [-0.15, -0.1) is 11.8 Å². The Bertz CT molecular complexity index is 378. The number of carboxylic acid groups (broad SMARTS) is 1. The van der Waals surface area contributed by atoms with Crippen LogP contribution < -0.4 is 0 Å². The third-order valence-electron chi connectivity index (χ3n) is 2.64. The Morgan fingerprint density at radius 3 is 2.93 bits per heavy atom. The number of aliphatic hydroxyl groups excluding tert-OH is 1. The van der Waals surface area contributed by atoms with Crippen LogP contribution in [0.3, 0.4) is 0 Å². The van der Waals surface area contributed by atoms with Gasteiger partial charge in [-0.1, -0.05) is 18.2 Å². The molecule has 0 fully saturated rings. The number of thioether (sulfide) groups is 1. The van der Waals surface area contributed by atoms with Crippen LogP contribution in [0.25, 0.3) is 0 Å². The number of benzene rings is 1. The number of carboxylic acids is 1. The molecular formula is C11H12O3S. The van der Waals surface area contributed by atoms with Gasteiger partial charge in [0.1, 0.15) is 0 Å². The molecule has 1 aromatic rings. The molecule has 2 N–H and O–H groups in total. The summed E-state index contributed by atoms with van der Waals surface area (Å²) >= 11 is 1.72. The Morgan fingerprint density at radius 1 is 1.47 bits per heavy atom. The Labute approximate surface area is 92.1 Å². The summed E-state index contributed by atoms with van der Waals surface area (Å²) in [6.07, 6.45) is -0.568. The third kappa shape index (κ3) is 2.01. The van der Waals surface area contributed by atoms with Gasteiger partial charge in [0.2, 0.25) is 0 Å². The van der Waals surface area contributed by atoms with Crippen LogP contribution in [0, 0.1) is 0 Å². The van der Waals surface area contributed by atoms with Crippen molar-refractivity contribution in [1.29, 1.82) is 0 Å². The number of fused-ring (bicyclic) bond motifs is 1. The lowest BCUT2D eigenvalue weighted by Gasteiger charge is -2.26. The lowest BCUT2D eigenvalue weighted by Crippen LogP contribution is -2.29. The highest BCUT2D eigenvalue weighted by Gasteiger charge is 2.30. The topological polar surface area (TPSA) is 57.5 Å². The zero-order valence-corrected chi connectivity index (χ0v) is 8.91. The normalized spacial score (nSPS) is 21.8. The summed E-state index contributed by atoms with van der Waals surface area (Å²) in [5, 5.41) is 18.4. The molecule has 0 aliphatic carbocycles. The predicted octanol–water partition coefficient (Wildman–Crippen LogP) is 1.71. The largest absolute Gasteiger partial charge is 0.479 e. The van der Waals surface area contributed by atoms with Crippen LogP contribution in [0.1, 0.15) is 17.9 Å². The highest BCUT2D eigenvalue weighted by atomic mass is 32.2. The minimum atomic E-state index is -1.29. The summed E-state index contributed by atoms with van der Waals surface area (Å²) in [4.78, 5) is 11.8. The lowest BCUT2D eigenvalue weighted by atomic mass is 9.90. The second-order valence-electron chi connectivity index (χ2n) is 3.56. The van der Waals surface area contributed by atoms with Crippen molar-refractivity contribution >= 4 is 17.7 Å². The highest BCUT2D eigenvalue weighted by Crippen LogP contribution is 2.38. The molecule has 1 heterocycles. The van der Waals surface area contributed by atoms with Crippen molar-refractivity contribution in [2.45, 2.75) is 23.3 Å². The average molecular weight is 224 g/mol. The van der Waals surface area contributed by atoms with Gasteiger partial charge in [-0.2, -0.15) is 0 Å². The first-order chi connectivity index (χ1) is 7.20. The average Bonchev–Trinajstić information content (AvgIpc) is 2.27. The van der Waals surface area contributed by atoms with Gasteiger partial charge < -0.3 is 10.2 Å². The van der Waals surface area contributed by atoms with Crippen molar-refractivity contribution in [3.8, 4) is 0 Å². The van der Waals surface area contributed by atoms with E-state index in [1.165, 1.54) is 0 Å². The summed E-state index contributed by atoms with van der Waals surface area (Å²) < 4.78 is 0. The van der Waals surface area contributed by atoms with Crippen LogP contribution in [0.15, 0.2) is 29.2 Å². The van der Waals surface area contributed by atoms with Gasteiger partial charge >= 0.3 is 5.97 Å². The second-order valence-corrected chi connectivity index (χ2v) is 4.70. The number of hydrogen-bond donors (Lipinski definition) is 2. The molecule has 80 valence electrons. The summed E-state index contributed by atoms with van der Waals surface area (Å²) in [6, 6.07) is 7.69. The van der Waals surface area contributed by atoms with E-state index in [4.69, 9.17) is 5.11 Å². The molecule has 15 heavy (non-hydrogen) atoms. The lowest BCUT2D eigenvalue weighted by molar-refractivity contribution is -0.147. The summed E-state index contributed by atoms with van der Waals surface area (Å²) in [7, 11) is 0. The number of aliphatic hydroxyl groups is 1. The third-order valence-corrected chi connectivity index (χ3v) is 3.76. The van der Waals surface area contributed by atoms with Crippen LogP contribution in [-0.2, 0) is 4.79 Å². The fraction of sp³-hybridized carbons (Fsp3) is 0.364. The van der Waals surface area contributed by atoms with Crippen LogP contribution in [-0.4, -0.2) is 28.0 Å². The molecule has 0 bridgehead atoms. The first-order valence-electron chi connectivity index (χ1n) is 4.83. The van der Waals surface area contributed by atoms with E-state index in [9.17, 15) is 9.90 Å². The van der Waals surface area contributed by atoms with E-state index >= 15 is 0 Å². The molecule has 0 aromatic heterocycles. The highest BCUT2D eigenvalue weighted by molar-refractivity contribution is 7.99. The van der Waals surface area contributed by atoms with Gasteiger partial charge in [0.05, 0.1) is 0 Å². The van der Waals surface area contributed by atoms with Crippen molar-refractivity contribution in [2.24, 2.45) is 0 Å². The van der Waals surface area contributed by atoms with Crippen molar-refractivity contribution in [1.82, 2.24) is 0 Å². The molecule has 1 aromatic carbocycles. The molecule has 0 saturated carbocycles. The summed E-state index contributed by atoms with van der Waals surface area (Å²) in [5.74, 6) is -0.534. The molecule has 0 saturated heterocycles. The Hall–Kier alpha value is -1.00. The van der Waals surface area contributed by atoms with Crippen molar-refractivity contribution < 1.29 is 15.0 Å². The standard InChI is InChI=1S/C11H12O3S/c12-10(11(13)14)8-5-6-15-9-4-2-1-3-7(8)9/h1-4,8,10,12H,5-6H2,(H,13,14). The fourth-order valence-corrected chi connectivity index (χ4v) is 3.02. The number of rotatable bonds is 2. The maximum Gasteiger partial charge on any atom is 0.333 e. The minimum absolute atomic E-state index is 0.264. The Balaban J connectivity index is 2.33. The fourth-order valence-electron chi connectivity index (χ4n) is 1.87. The van der Waals surface area contributed by atoms with E-state index < -0.39 is 12.1 Å². The monoisotopic (exact) mass is 224 g/mol. The van der Waals surface area contributed by atoms with E-state index in [0.717, 1.165) is 22.6 Å². The predicted molar refractivity (Wildman–Crippen MR) is 58.2 cm³/mol. The molecule has 3 nitrogen and oxygen atoms in total. The zero-order chi connectivity index (χ0) is 10.8. The molecule has 0 amide bonds. The zero-order valence-electron chi connectivity index (χ0n) is 8.09. The van der Waals surface area contributed by atoms with Gasteiger partial charge in [-0.05, 0) is 23.8 Å². The van der Waals surface area contributed by atoms with Gasteiger partial charge in [0.15, 0.2) is 6.10 Å². The van der Waals surface area contributed by atoms with Gasteiger partial charge in [-0.3, -0.25) is 0 Å². The van der Waals surface area contributed by atoms with Crippen LogP contribution in [0.4, 0.5) is 0 Å². The van der Waals surface area contributed by atoms with E-state index in [-0.39, 0.29) is 5.92 Å². The maximum absolute atomic E-state index is 10.8. The van der Waals surface area contributed by atoms with E-state index in [2.05, 4.69) is 0 Å². The van der Waals surface area contributed by atoms with Crippen LogP contribution in [0.2, 0.25) is 0 Å². The summed E-state index contributed by atoms with van der Waals surface area (Å²) in [6.45, 7) is 0. The number of aliphatic carboxylic acids is 1. The quantitative estimate of drug-likeness (QED) is 0.803. The minimum Gasteiger partial charge on any atom is -0.479 e. The Morgan fingerprint density at radius 2 is 2.20 bits per heavy atom. The van der Waals surface area contributed by atoms with Gasteiger partial charge in [0, 0.05) is 10.8 Å². The molecule has 1 aliphatic heterocycles. The second kappa shape index (κ2) is 4.24. The van der Waals surface area contributed by atoms with Crippen LogP contribution >= 0.6 is 11.8 Å².